The first-order valence-electron chi connectivity index (χ1n) is 9.71. The first-order valence-corrected chi connectivity index (χ1v) is 9.71. The van der Waals surface area contributed by atoms with Crippen LogP contribution in [0.4, 0.5) is 0 Å². The lowest BCUT2D eigenvalue weighted by molar-refractivity contribution is -0.135. The largest absolute Gasteiger partial charge is 0.426 e. The molecule has 0 radical (unpaired) electrons. The molecule has 0 aliphatic rings. The van der Waals surface area contributed by atoms with Gasteiger partial charge >= 0.3 is 11.9 Å². The van der Waals surface area contributed by atoms with Crippen molar-refractivity contribution in [3.05, 3.63) is 59.7 Å². The molecular weight excluding hydrogens is 340 g/mol. The fourth-order valence-corrected chi connectivity index (χ4v) is 2.85. The summed E-state index contributed by atoms with van der Waals surface area (Å²) < 4.78 is 10.9. The molecule has 0 aliphatic carbocycles. The van der Waals surface area contributed by atoms with Crippen LogP contribution in [-0.2, 0) is 22.4 Å². The minimum absolute atomic E-state index is 0.227. The number of carbonyl (C=O) groups excluding carboxylic acids is 2. The zero-order chi connectivity index (χ0) is 19.5. The van der Waals surface area contributed by atoms with E-state index in [0.717, 1.165) is 30.4 Å². The van der Waals surface area contributed by atoms with Crippen molar-refractivity contribution in [2.75, 3.05) is 0 Å². The van der Waals surface area contributed by atoms with Gasteiger partial charge in [-0.05, 0) is 48.9 Å². The van der Waals surface area contributed by atoms with Crippen molar-refractivity contribution in [3.8, 4) is 11.5 Å². The number of ether oxygens (including phenoxy) is 2. The summed E-state index contributed by atoms with van der Waals surface area (Å²) >= 11 is 0. The maximum atomic E-state index is 12.0. The van der Waals surface area contributed by atoms with Crippen molar-refractivity contribution >= 4 is 11.9 Å². The second-order valence-electron chi connectivity index (χ2n) is 6.43. The molecule has 144 valence electrons. The normalized spacial score (nSPS) is 10.4. The van der Waals surface area contributed by atoms with Crippen molar-refractivity contribution < 1.29 is 19.1 Å². The molecule has 0 bridgehead atoms. The van der Waals surface area contributed by atoms with Crippen LogP contribution >= 0.6 is 0 Å². The average molecular weight is 368 g/mol. The topological polar surface area (TPSA) is 52.6 Å². The van der Waals surface area contributed by atoms with Gasteiger partial charge in [-0.25, -0.2) is 0 Å². The third-order valence-corrected chi connectivity index (χ3v) is 4.42. The molecule has 2 aromatic rings. The Bertz CT molecular complexity index is 688. The van der Waals surface area contributed by atoms with Crippen LogP contribution in [-0.4, -0.2) is 11.9 Å². The molecule has 0 N–H and O–H groups in total. The second kappa shape index (κ2) is 11.2. The maximum absolute atomic E-state index is 12.0. The summed E-state index contributed by atoms with van der Waals surface area (Å²) in [5.74, 6) is 0.831. The average Bonchev–Trinajstić information content (AvgIpc) is 2.68. The highest BCUT2D eigenvalue weighted by molar-refractivity contribution is 5.73. The van der Waals surface area contributed by atoms with Crippen LogP contribution in [0.3, 0.4) is 0 Å². The monoisotopic (exact) mass is 368 g/mol. The number of unbranched alkanes of at least 4 members (excludes halogenated alkanes) is 2. The molecule has 0 saturated carbocycles. The molecule has 2 aromatic carbocycles. The summed E-state index contributed by atoms with van der Waals surface area (Å²) in [5.41, 5.74) is 2.06. The number of esters is 2. The summed E-state index contributed by atoms with van der Waals surface area (Å²) in [6.45, 7) is 4.06. The number of aryl methyl sites for hydroxylation is 2. The summed E-state index contributed by atoms with van der Waals surface area (Å²) in [6, 6.07) is 15.2. The van der Waals surface area contributed by atoms with E-state index in [4.69, 9.17) is 9.47 Å². The Morgan fingerprint density at radius 2 is 1.07 bits per heavy atom. The Kier molecular flexibility index (Phi) is 8.56. The first-order chi connectivity index (χ1) is 13.1. The summed E-state index contributed by atoms with van der Waals surface area (Å²) in [6.07, 6.45) is 4.55. The lowest BCUT2D eigenvalue weighted by Crippen LogP contribution is -2.10. The predicted molar refractivity (Wildman–Crippen MR) is 106 cm³/mol. The van der Waals surface area contributed by atoms with Crippen molar-refractivity contribution in [2.24, 2.45) is 0 Å². The SMILES string of the molecule is CCc1ccccc1OC(=O)CCCCCC(=O)Oc1ccccc1CC. The van der Waals surface area contributed by atoms with Crippen LogP contribution in [0.5, 0.6) is 11.5 Å². The van der Waals surface area contributed by atoms with E-state index >= 15 is 0 Å². The molecule has 0 saturated heterocycles. The van der Waals surface area contributed by atoms with Crippen LogP contribution in [0.25, 0.3) is 0 Å². The van der Waals surface area contributed by atoms with Gasteiger partial charge < -0.3 is 9.47 Å². The molecule has 0 spiro atoms. The van der Waals surface area contributed by atoms with E-state index in [0.29, 0.717) is 37.2 Å². The van der Waals surface area contributed by atoms with Gasteiger partial charge in [-0.3, -0.25) is 9.59 Å². The Hall–Kier alpha value is -2.62. The number of rotatable bonds is 10. The third kappa shape index (κ3) is 6.89. The number of hydrogen-bond acceptors (Lipinski definition) is 4. The Morgan fingerprint density at radius 3 is 1.48 bits per heavy atom. The molecule has 0 fully saturated rings. The van der Waals surface area contributed by atoms with Crippen LogP contribution in [0.2, 0.25) is 0 Å². The van der Waals surface area contributed by atoms with Gasteiger partial charge in [-0.1, -0.05) is 56.7 Å². The zero-order valence-electron chi connectivity index (χ0n) is 16.2. The first kappa shape index (κ1) is 20.7. The van der Waals surface area contributed by atoms with E-state index in [9.17, 15) is 9.59 Å². The lowest BCUT2D eigenvalue weighted by Gasteiger charge is -2.09. The number of hydrogen-bond donors (Lipinski definition) is 0. The number of carbonyl (C=O) groups is 2. The summed E-state index contributed by atoms with van der Waals surface area (Å²) in [4.78, 5) is 24.0. The third-order valence-electron chi connectivity index (χ3n) is 4.42. The molecule has 0 amide bonds. The quantitative estimate of drug-likeness (QED) is 0.325. The minimum Gasteiger partial charge on any atom is -0.426 e. The molecule has 4 heteroatoms. The maximum Gasteiger partial charge on any atom is 0.311 e. The van der Waals surface area contributed by atoms with Crippen molar-refractivity contribution in [3.63, 3.8) is 0 Å². The lowest BCUT2D eigenvalue weighted by atomic mass is 10.1. The highest BCUT2D eigenvalue weighted by atomic mass is 16.5. The van der Waals surface area contributed by atoms with Gasteiger partial charge in [0, 0.05) is 12.8 Å². The van der Waals surface area contributed by atoms with E-state index in [1.54, 1.807) is 0 Å². The summed E-state index contributed by atoms with van der Waals surface area (Å²) in [5, 5.41) is 0. The van der Waals surface area contributed by atoms with Gasteiger partial charge in [0.05, 0.1) is 0 Å². The van der Waals surface area contributed by atoms with Crippen LogP contribution in [0.15, 0.2) is 48.5 Å². The number of benzene rings is 2. The van der Waals surface area contributed by atoms with Gasteiger partial charge in [-0.2, -0.15) is 0 Å². The van der Waals surface area contributed by atoms with E-state index in [1.165, 1.54) is 0 Å². The Labute approximate surface area is 161 Å². The van der Waals surface area contributed by atoms with Gasteiger partial charge in [0.15, 0.2) is 0 Å². The van der Waals surface area contributed by atoms with E-state index in [-0.39, 0.29) is 11.9 Å². The van der Waals surface area contributed by atoms with E-state index in [2.05, 4.69) is 0 Å². The molecule has 0 aromatic heterocycles. The molecule has 0 heterocycles. The molecule has 0 unspecified atom stereocenters. The standard InChI is InChI=1S/C23H28O4/c1-3-18-12-8-10-14-20(18)26-22(24)16-6-5-7-17-23(25)27-21-15-11-9-13-19(21)4-2/h8-15H,3-7,16-17H2,1-2H3. The van der Waals surface area contributed by atoms with Crippen molar-refractivity contribution in [2.45, 2.75) is 58.8 Å². The Balaban J connectivity index is 1.65. The minimum atomic E-state index is -0.227. The van der Waals surface area contributed by atoms with Crippen molar-refractivity contribution in [1.29, 1.82) is 0 Å². The number of para-hydroxylation sites is 2. The van der Waals surface area contributed by atoms with E-state index < -0.39 is 0 Å². The summed E-state index contributed by atoms with van der Waals surface area (Å²) in [7, 11) is 0. The van der Waals surface area contributed by atoms with Gasteiger partial charge in [0.25, 0.3) is 0 Å². The fourth-order valence-electron chi connectivity index (χ4n) is 2.85. The van der Waals surface area contributed by atoms with Crippen LogP contribution in [0.1, 0.15) is 57.1 Å². The smallest absolute Gasteiger partial charge is 0.311 e. The highest BCUT2D eigenvalue weighted by Crippen LogP contribution is 2.20. The van der Waals surface area contributed by atoms with Crippen LogP contribution in [0, 0.1) is 0 Å². The van der Waals surface area contributed by atoms with Gasteiger partial charge in [0.2, 0.25) is 0 Å². The van der Waals surface area contributed by atoms with Crippen LogP contribution < -0.4 is 9.47 Å². The second-order valence-corrected chi connectivity index (χ2v) is 6.43. The zero-order valence-corrected chi connectivity index (χ0v) is 16.2. The predicted octanol–water partition coefficient (Wildman–Crippen LogP) is 5.27. The molecule has 0 aliphatic heterocycles. The molecular formula is C23H28O4. The molecule has 4 nitrogen and oxygen atoms in total. The Morgan fingerprint density at radius 1 is 0.667 bits per heavy atom. The molecule has 2 rings (SSSR count). The molecule has 0 atom stereocenters. The van der Waals surface area contributed by atoms with Crippen molar-refractivity contribution in [1.82, 2.24) is 0 Å². The molecule has 27 heavy (non-hydrogen) atoms. The highest BCUT2D eigenvalue weighted by Gasteiger charge is 2.10. The fraction of sp³-hybridized carbons (Fsp3) is 0.391. The van der Waals surface area contributed by atoms with E-state index in [1.807, 2.05) is 62.4 Å². The van der Waals surface area contributed by atoms with Gasteiger partial charge in [0.1, 0.15) is 11.5 Å². The van der Waals surface area contributed by atoms with Gasteiger partial charge in [-0.15, -0.1) is 0 Å².